The lowest BCUT2D eigenvalue weighted by Crippen LogP contribution is -2.05. The highest BCUT2D eigenvalue weighted by atomic mass is 19.4. The van der Waals surface area contributed by atoms with Gasteiger partial charge in [0.2, 0.25) is 0 Å². The molecule has 0 saturated heterocycles. The van der Waals surface area contributed by atoms with Gasteiger partial charge in [-0.15, -0.1) is 0 Å². The van der Waals surface area contributed by atoms with Crippen LogP contribution >= 0.6 is 0 Å². The van der Waals surface area contributed by atoms with Crippen LogP contribution in [0.4, 0.5) is 19.0 Å². The molecule has 0 atom stereocenters. The van der Waals surface area contributed by atoms with Crippen LogP contribution in [-0.2, 0) is 6.18 Å². The van der Waals surface area contributed by atoms with E-state index in [1.165, 1.54) is 19.5 Å². The zero-order chi connectivity index (χ0) is 14.8. The summed E-state index contributed by atoms with van der Waals surface area (Å²) in [4.78, 5) is 8.00. The zero-order valence-corrected chi connectivity index (χ0v) is 10.8. The maximum atomic E-state index is 12.7. The molecular weight excluding hydrogens is 271 g/mol. The van der Waals surface area contributed by atoms with Crippen LogP contribution in [0.5, 0.6) is 5.75 Å². The van der Waals surface area contributed by atoms with Crippen LogP contribution in [0.15, 0.2) is 30.6 Å². The van der Waals surface area contributed by atoms with Gasteiger partial charge in [0.25, 0.3) is 0 Å². The molecule has 0 amide bonds. The Balaban J connectivity index is 2.51. The fraction of sp³-hybridized carbons (Fsp3) is 0.231. The molecule has 0 radical (unpaired) electrons. The van der Waals surface area contributed by atoms with Crippen LogP contribution in [0.3, 0.4) is 0 Å². The third kappa shape index (κ3) is 2.81. The van der Waals surface area contributed by atoms with Gasteiger partial charge in [0.05, 0.1) is 18.4 Å². The Kier molecular flexibility index (Phi) is 3.78. The number of ether oxygens (including phenoxy) is 1. The van der Waals surface area contributed by atoms with E-state index in [0.717, 1.165) is 12.1 Å². The number of hydrogen-bond acceptors (Lipinski definition) is 4. The lowest BCUT2D eigenvalue weighted by atomic mass is 10.1. The number of nitrogens with zero attached hydrogens (tertiary/aromatic N) is 2. The van der Waals surface area contributed by atoms with Gasteiger partial charge in [-0.25, -0.2) is 9.97 Å². The summed E-state index contributed by atoms with van der Waals surface area (Å²) in [7, 11) is 3.01. The standard InChI is InChI=1S/C13H12F3N3O/c1-17-12-6-10(18-7-19-12)9-4-3-8(13(14,15)16)5-11(9)20-2/h3-7H,1-2H3,(H,17,18,19). The van der Waals surface area contributed by atoms with Crippen molar-refractivity contribution in [2.24, 2.45) is 0 Å². The average molecular weight is 283 g/mol. The summed E-state index contributed by atoms with van der Waals surface area (Å²) in [6.45, 7) is 0. The molecule has 0 unspecified atom stereocenters. The van der Waals surface area contributed by atoms with Crippen LogP contribution in [0.2, 0.25) is 0 Å². The molecule has 0 fully saturated rings. The summed E-state index contributed by atoms with van der Waals surface area (Å²) in [6.07, 6.45) is -3.08. The van der Waals surface area contributed by atoms with Gasteiger partial charge in [0.1, 0.15) is 17.9 Å². The Hall–Kier alpha value is -2.31. The molecule has 0 aliphatic rings. The molecule has 4 nitrogen and oxygen atoms in total. The van der Waals surface area contributed by atoms with Crippen molar-refractivity contribution in [2.75, 3.05) is 19.5 Å². The number of alkyl halides is 3. The van der Waals surface area contributed by atoms with Crippen LogP contribution < -0.4 is 10.1 Å². The molecule has 0 spiro atoms. The quantitative estimate of drug-likeness (QED) is 0.939. The lowest BCUT2D eigenvalue weighted by molar-refractivity contribution is -0.137. The van der Waals surface area contributed by atoms with Gasteiger partial charge in [0, 0.05) is 18.7 Å². The van der Waals surface area contributed by atoms with Gasteiger partial charge in [-0.3, -0.25) is 0 Å². The minimum atomic E-state index is -4.41. The fourth-order valence-electron chi connectivity index (χ4n) is 1.72. The molecule has 2 rings (SSSR count). The van der Waals surface area contributed by atoms with E-state index in [9.17, 15) is 13.2 Å². The van der Waals surface area contributed by atoms with Gasteiger partial charge in [-0.2, -0.15) is 13.2 Å². The van der Waals surface area contributed by atoms with E-state index in [-0.39, 0.29) is 5.75 Å². The molecule has 1 aromatic carbocycles. The highest BCUT2D eigenvalue weighted by molar-refractivity contribution is 5.69. The van der Waals surface area contributed by atoms with Crippen molar-refractivity contribution in [3.63, 3.8) is 0 Å². The van der Waals surface area contributed by atoms with E-state index in [4.69, 9.17) is 4.74 Å². The SMILES string of the molecule is CNc1cc(-c2ccc(C(F)(F)F)cc2OC)ncn1. The smallest absolute Gasteiger partial charge is 0.416 e. The molecule has 20 heavy (non-hydrogen) atoms. The third-order valence-electron chi connectivity index (χ3n) is 2.73. The van der Waals surface area contributed by atoms with Crippen molar-refractivity contribution in [1.29, 1.82) is 0 Å². The summed E-state index contributed by atoms with van der Waals surface area (Å²) in [6, 6.07) is 4.92. The Morgan fingerprint density at radius 2 is 1.90 bits per heavy atom. The van der Waals surface area contributed by atoms with E-state index in [1.54, 1.807) is 13.1 Å². The highest BCUT2D eigenvalue weighted by Crippen LogP contribution is 2.36. The number of rotatable bonds is 3. The minimum absolute atomic E-state index is 0.112. The molecule has 2 aromatic rings. The third-order valence-corrected chi connectivity index (χ3v) is 2.73. The molecule has 7 heteroatoms. The normalized spacial score (nSPS) is 11.2. The second kappa shape index (κ2) is 5.36. The van der Waals surface area contributed by atoms with Crippen molar-refractivity contribution in [3.8, 4) is 17.0 Å². The van der Waals surface area contributed by atoms with Gasteiger partial charge < -0.3 is 10.1 Å². The maximum absolute atomic E-state index is 12.7. The molecule has 0 aliphatic carbocycles. The van der Waals surface area contributed by atoms with Gasteiger partial charge in [0.15, 0.2) is 0 Å². The van der Waals surface area contributed by atoms with Crippen molar-refractivity contribution >= 4 is 5.82 Å². The molecule has 1 N–H and O–H groups in total. The Morgan fingerprint density at radius 3 is 2.50 bits per heavy atom. The summed E-state index contributed by atoms with van der Waals surface area (Å²) < 4.78 is 43.0. The minimum Gasteiger partial charge on any atom is -0.496 e. The number of hydrogen-bond donors (Lipinski definition) is 1. The highest BCUT2D eigenvalue weighted by Gasteiger charge is 2.31. The summed E-state index contributed by atoms with van der Waals surface area (Å²) >= 11 is 0. The van der Waals surface area contributed by atoms with Crippen molar-refractivity contribution in [3.05, 3.63) is 36.2 Å². The second-order valence-electron chi connectivity index (χ2n) is 3.95. The van der Waals surface area contributed by atoms with E-state index in [2.05, 4.69) is 15.3 Å². The number of nitrogens with one attached hydrogen (secondary N) is 1. The van der Waals surface area contributed by atoms with Gasteiger partial charge >= 0.3 is 6.18 Å². The van der Waals surface area contributed by atoms with Crippen molar-refractivity contribution in [1.82, 2.24) is 9.97 Å². The summed E-state index contributed by atoms with van der Waals surface area (Å²) in [5, 5.41) is 2.84. The largest absolute Gasteiger partial charge is 0.496 e. The van der Waals surface area contributed by atoms with Crippen LogP contribution in [-0.4, -0.2) is 24.1 Å². The molecule has 0 aliphatic heterocycles. The average Bonchev–Trinajstić information content (AvgIpc) is 2.45. The number of methoxy groups -OCH3 is 1. The molecule has 106 valence electrons. The zero-order valence-electron chi connectivity index (χ0n) is 10.8. The van der Waals surface area contributed by atoms with Gasteiger partial charge in [-0.05, 0) is 18.2 Å². The van der Waals surface area contributed by atoms with E-state index in [1.807, 2.05) is 0 Å². The van der Waals surface area contributed by atoms with Crippen LogP contribution in [0.1, 0.15) is 5.56 Å². The molecule has 1 aromatic heterocycles. The fourth-order valence-corrected chi connectivity index (χ4v) is 1.72. The first-order chi connectivity index (χ1) is 9.45. The first-order valence-corrected chi connectivity index (χ1v) is 5.71. The Bertz CT molecular complexity index is 614. The van der Waals surface area contributed by atoms with E-state index in [0.29, 0.717) is 17.1 Å². The molecule has 0 saturated carbocycles. The number of aromatic nitrogens is 2. The predicted octanol–water partition coefficient (Wildman–Crippen LogP) is 3.21. The number of halogens is 3. The molecule has 0 bridgehead atoms. The molecular formula is C13H12F3N3O. The van der Waals surface area contributed by atoms with Crippen molar-refractivity contribution in [2.45, 2.75) is 6.18 Å². The summed E-state index contributed by atoms with van der Waals surface area (Å²) in [5.74, 6) is 0.678. The maximum Gasteiger partial charge on any atom is 0.416 e. The number of benzene rings is 1. The Labute approximate surface area is 113 Å². The first kappa shape index (κ1) is 14.1. The Morgan fingerprint density at radius 1 is 1.15 bits per heavy atom. The van der Waals surface area contributed by atoms with Crippen LogP contribution in [0, 0.1) is 0 Å². The monoisotopic (exact) mass is 283 g/mol. The number of anilines is 1. The first-order valence-electron chi connectivity index (χ1n) is 5.71. The second-order valence-corrected chi connectivity index (χ2v) is 3.95. The van der Waals surface area contributed by atoms with Crippen LogP contribution in [0.25, 0.3) is 11.3 Å². The molecule has 1 heterocycles. The summed E-state index contributed by atoms with van der Waals surface area (Å²) in [5.41, 5.74) is 0.190. The van der Waals surface area contributed by atoms with Gasteiger partial charge in [-0.1, -0.05) is 0 Å². The lowest BCUT2D eigenvalue weighted by Gasteiger charge is -2.12. The topological polar surface area (TPSA) is 47.0 Å². The predicted molar refractivity (Wildman–Crippen MR) is 68.6 cm³/mol. The van der Waals surface area contributed by atoms with E-state index >= 15 is 0 Å². The van der Waals surface area contributed by atoms with Crippen molar-refractivity contribution < 1.29 is 17.9 Å². The van der Waals surface area contributed by atoms with E-state index < -0.39 is 11.7 Å².